The van der Waals surface area contributed by atoms with Crippen LogP contribution in [-0.4, -0.2) is 67.0 Å². The fraction of sp³-hybridized carbons (Fsp3) is 0.800. The summed E-state index contributed by atoms with van der Waals surface area (Å²) in [5.41, 5.74) is 0. The predicted octanol–water partition coefficient (Wildman–Crippen LogP) is -0.545. The van der Waals surface area contributed by atoms with Crippen LogP contribution >= 0.6 is 0 Å². The summed E-state index contributed by atoms with van der Waals surface area (Å²) in [6.45, 7) is 0. The molecule has 2 rings (SSSR count). The highest BCUT2D eigenvalue weighted by Crippen LogP contribution is 2.35. The average molecular weight is 228 g/mol. The highest BCUT2D eigenvalue weighted by molar-refractivity contribution is 5.79. The lowest BCUT2D eigenvalue weighted by molar-refractivity contribution is -0.485. The first kappa shape index (κ1) is 11.2. The minimum Gasteiger partial charge on any atom is -0.344 e. The first-order valence-corrected chi connectivity index (χ1v) is 5.38. The van der Waals surface area contributed by atoms with E-state index < -0.39 is 0 Å². The van der Waals surface area contributed by atoms with Crippen molar-refractivity contribution in [3.05, 3.63) is 0 Å². The van der Waals surface area contributed by atoms with Crippen molar-refractivity contribution in [1.29, 1.82) is 0 Å². The molecular weight excluding hydrogens is 210 g/mol. The molecule has 2 unspecified atom stereocenters. The number of hydroxylamine groups is 2. The van der Waals surface area contributed by atoms with Gasteiger partial charge in [0.1, 0.15) is 6.10 Å². The Morgan fingerprint density at radius 2 is 2.25 bits per heavy atom. The summed E-state index contributed by atoms with van der Waals surface area (Å²) in [7, 11) is 7.48. The number of epoxide rings is 1. The van der Waals surface area contributed by atoms with Crippen LogP contribution in [0.4, 0.5) is 0 Å². The number of carbonyl (C=O) groups excluding carboxylic acids is 1. The molecule has 0 aromatic carbocycles. The highest BCUT2D eigenvalue weighted by atomic mass is 16.8. The summed E-state index contributed by atoms with van der Waals surface area (Å²) >= 11 is 0. The van der Waals surface area contributed by atoms with Gasteiger partial charge in [-0.15, -0.1) is 5.06 Å². The lowest BCUT2D eigenvalue weighted by Crippen LogP contribution is -2.45. The fourth-order valence-corrected chi connectivity index (χ4v) is 1.82. The Hall–Kier alpha value is -1.30. The quantitative estimate of drug-likeness (QED) is 0.262. The molecule has 0 aromatic rings. The number of carbonyl (C=O) groups is 1. The van der Waals surface area contributed by atoms with Crippen LogP contribution < -0.4 is 0 Å². The zero-order valence-electron chi connectivity index (χ0n) is 10.1. The topological polar surface area (TPSA) is 48.3 Å². The van der Waals surface area contributed by atoms with Crippen molar-refractivity contribution in [3.63, 3.8) is 0 Å². The van der Waals surface area contributed by atoms with Gasteiger partial charge < -0.3 is 4.74 Å². The van der Waals surface area contributed by atoms with Crippen LogP contribution in [0.15, 0.2) is 0 Å². The van der Waals surface area contributed by atoms with Crippen LogP contribution in [0.5, 0.6) is 0 Å². The number of hydrogen-bond acceptors (Lipinski definition) is 3. The second-order valence-corrected chi connectivity index (χ2v) is 4.49. The third-order valence-corrected chi connectivity index (χ3v) is 2.62. The first-order chi connectivity index (χ1) is 7.50. The number of amidine groups is 1. The molecule has 2 aliphatic heterocycles. The Bertz CT molecular complexity index is 336. The van der Waals surface area contributed by atoms with Crippen LogP contribution in [-0.2, 0) is 14.4 Å². The minimum atomic E-state index is -0.184. The van der Waals surface area contributed by atoms with E-state index in [2.05, 4.69) is 0 Å². The van der Waals surface area contributed by atoms with E-state index in [-0.39, 0.29) is 18.2 Å². The predicted molar refractivity (Wildman–Crippen MR) is 56.6 cm³/mol. The van der Waals surface area contributed by atoms with Crippen molar-refractivity contribution in [1.82, 2.24) is 9.96 Å². The molecule has 0 saturated carbocycles. The summed E-state index contributed by atoms with van der Waals surface area (Å²) in [5, 5.41) is 1.35. The Morgan fingerprint density at radius 1 is 1.56 bits per heavy atom. The van der Waals surface area contributed by atoms with Gasteiger partial charge in [-0.05, 0) is 6.42 Å². The van der Waals surface area contributed by atoms with E-state index in [0.717, 1.165) is 6.42 Å². The number of nitrogens with zero attached hydrogens (tertiary/aromatic N) is 3. The average Bonchev–Trinajstić information content (AvgIpc) is 2.94. The third-order valence-electron chi connectivity index (χ3n) is 2.62. The molecule has 0 N–H and O–H groups in total. The Balaban J connectivity index is 2.08. The molecule has 2 saturated heterocycles. The van der Waals surface area contributed by atoms with Crippen LogP contribution in [0.2, 0.25) is 0 Å². The maximum Gasteiger partial charge on any atom is 0.470 e. The van der Waals surface area contributed by atoms with Gasteiger partial charge in [0.05, 0.1) is 28.2 Å². The van der Waals surface area contributed by atoms with Crippen molar-refractivity contribution in [2.24, 2.45) is 0 Å². The standard InChI is InChI=1S/C10H18N3O3/c1-11(2)10(12(3)4)16-13-8(14)6-5-7-9(13)15-7/h7,9H,5-6H2,1-4H3/q+1. The lowest BCUT2D eigenvalue weighted by atomic mass is 10.1. The van der Waals surface area contributed by atoms with E-state index in [1.165, 1.54) is 5.06 Å². The maximum absolute atomic E-state index is 11.7. The summed E-state index contributed by atoms with van der Waals surface area (Å²) in [6, 6.07) is 0.615. The first-order valence-electron chi connectivity index (χ1n) is 5.38. The van der Waals surface area contributed by atoms with E-state index in [1.807, 2.05) is 37.7 Å². The smallest absolute Gasteiger partial charge is 0.344 e. The van der Waals surface area contributed by atoms with Crippen LogP contribution in [0, 0.1) is 0 Å². The largest absolute Gasteiger partial charge is 0.470 e. The number of piperidine rings is 1. The molecule has 0 spiro atoms. The molecule has 2 atom stereocenters. The molecule has 90 valence electrons. The number of hydrogen-bond donors (Lipinski definition) is 0. The van der Waals surface area contributed by atoms with Crippen LogP contribution in [0.25, 0.3) is 0 Å². The summed E-state index contributed by atoms with van der Waals surface area (Å²) < 4.78 is 7.17. The zero-order chi connectivity index (χ0) is 11.9. The number of amides is 1. The van der Waals surface area contributed by atoms with Crippen molar-refractivity contribution in [2.75, 3.05) is 28.2 Å². The van der Waals surface area contributed by atoms with Gasteiger partial charge in [-0.2, -0.15) is 0 Å². The van der Waals surface area contributed by atoms with Crippen molar-refractivity contribution >= 4 is 11.9 Å². The number of ether oxygens (including phenoxy) is 1. The number of fused-ring (bicyclic) bond motifs is 1. The molecule has 0 radical (unpaired) electrons. The van der Waals surface area contributed by atoms with Gasteiger partial charge in [0.25, 0.3) is 5.91 Å². The normalized spacial score (nSPS) is 27.2. The lowest BCUT2D eigenvalue weighted by Gasteiger charge is -2.23. The Labute approximate surface area is 95.0 Å². The van der Waals surface area contributed by atoms with E-state index in [9.17, 15) is 4.79 Å². The monoisotopic (exact) mass is 228 g/mol. The summed E-state index contributed by atoms with van der Waals surface area (Å²) in [4.78, 5) is 19.1. The van der Waals surface area contributed by atoms with Gasteiger partial charge >= 0.3 is 6.02 Å². The molecule has 6 heteroatoms. The highest BCUT2D eigenvalue weighted by Gasteiger charge is 2.52. The van der Waals surface area contributed by atoms with E-state index in [1.54, 1.807) is 0 Å². The van der Waals surface area contributed by atoms with Gasteiger partial charge in [0, 0.05) is 6.42 Å². The Morgan fingerprint density at radius 3 is 2.81 bits per heavy atom. The molecule has 16 heavy (non-hydrogen) atoms. The molecular formula is C10H18N3O3+. The maximum atomic E-state index is 11.7. The second-order valence-electron chi connectivity index (χ2n) is 4.49. The molecule has 0 aliphatic carbocycles. The fourth-order valence-electron chi connectivity index (χ4n) is 1.82. The molecule has 2 aliphatic rings. The van der Waals surface area contributed by atoms with Crippen LogP contribution in [0.1, 0.15) is 12.8 Å². The number of rotatable bonds is 1. The van der Waals surface area contributed by atoms with Gasteiger partial charge in [0.15, 0.2) is 6.23 Å². The van der Waals surface area contributed by atoms with Gasteiger partial charge in [-0.1, -0.05) is 0 Å². The second kappa shape index (κ2) is 3.93. The molecule has 0 bridgehead atoms. The molecule has 1 amide bonds. The molecule has 2 heterocycles. The van der Waals surface area contributed by atoms with Gasteiger partial charge in [0.2, 0.25) is 0 Å². The van der Waals surface area contributed by atoms with Crippen molar-refractivity contribution in [2.45, 2.75) is 25.2 Å². The van der Waals surface area contributed by atoms with E-state index in [4.69, 9.17) is 9.57 Å². The Kier molecular flexibility index (Phi) is 2.75. The van der Waals surface area contributed by atoms with Gasteiger partial charge in [-0.25, -0.2) is 9.48 Å². The van der Waals surface area contributed by atoms with E-state index in [0.29, 0.717) is 12.4 Å². The molecule has 6 nitrogen and oxygen atoms in total. The summed E-state index contributed by atoms with van der Waals surface area (Å²) in [5.74, 6) is -0.0139. The SMILES string of the molecule is CN(C)C(ON1C(=O)CCC2OC21)=[N+](C)C. The zero-order valence-corrected chi connectivity index (χ0v) is 10.1. The van der Waals surface area contributed by atoms with E-state index >= 15 is 0 Å². The minimum absolute atomic E-state index is 0.0139. The molecule has 2 fully saturated rings. The summed E-state index contributed by atoms with van der Waals surface area (Å²) in [6.07, 6.45) is 1.29. The molecule has 0 aromatic heterocycles. The van der Waals surface area contributed by atoms with Crippen molar-refractivity contribution in [3.8, 4) is 0 Å². The third kappa shape index (κ3) is 1.97. The van der Waals surface area contributed by atoms with Gasteiger partial charge in [-0.3, -0.25) is 9.63 Å². The van der Waals surface area contributed by atoms with Crippen LogP contribution in [0.3, 0.4) is 0 Å². The van der Waals surface area contributed by atoms with Crippen molar-refractivity contribution < 1.29 is 18.9 Å².